The van der Waals surface area contributed by atoms with Crippen LogP contribution < -0.4 is 22.3 Å². The molecule has 1 heterocycles. The van der Waals surface area contributed by atoms with E-state index < -0.39 is 11.7 Å². The number of nitrogens with one attached hydrogen (secondary N) is 2. The first-order valence-corrected chi connectivity index (χ1v) is 6.64. The highest BCUT2D eigenvalue weighted by Crippen LogP contribution is 2.22. The summed E-state index contributed by atoms with van der Waals surface area (Å²) in [5.41, 5.74) is 9.41. The summed E-state index contributed by atoms with van der Waals surface area (Å²) in [6, 6.07) is 6.27. The lowest BCUT2D eigenvalue weighted by Gasteiger charge is -2.11. The van der Waals surface area contributed by atoms with Crippen molar-refractivity contribution in [2.24, 2.45) is 11.6 Å². The molecule has 0 fully saturated rings. The Hall–Kier alpha value is -2.58. The predicted octanol–water partition coefficient (Wildman–Crippen LogP) is 1.78. The molecule has 0 radical (unpaired) electrons. The van der Waals surface area contributed by atoms with Gasteiger partial charge in [0.15, 0.2) is 0 Å². The number of nitrogens with two attached hydrogens (primary N) is 2. The molecule has 2 rings (SSSR count). The van der Waals surface area contributed by atoms with Crippen molar-refractivity contribution in [1.29, 1.82) is 0 Å². The standard InChI is InChI=1S/C13H13FN4O.CH3NS/c1-8-2-3-11(10(14)6-8)17-12-7-16-5-4-9(12)13(19)18-15;2-1-3/h2-7,17H,15H2,1H3,(H,18,19);1H,(H2,2,3). The summed E-state index contributed by atoms with van der Waals surface area (Å²) in [4.78, 5) is 15.5. The fourth-order valence-electron chi connectivity index (χ4n) is 1.64. The summed E-state index contributed by atoms with van der Waals surface area (Å²) in [5, 5.41) is 2.83. The summed E-state index contributed by atoms with van der Waals surface area (Å²) in [6.07, 6.45) is 2.89. The average molecular weight is 321 g/mol. The summed E-state index contributed by atoms with van der Waals surface area (Å²) in [7, 11) is 0. The fourth-order valence-corrected chi connectivity index (χ4v) is 1.64. The lowest BCUT2D eigenvalue weighted by molar-refractivity contribution is 0.0954. The zero-order valence-electron chi connectivity index (χ0n) is 11.8. The Kier molecular flexibility index (Phi) is 6.87. The number of thiocarbonyl (C=S) groups is 1. The van der Waals surface area contributed by atoms with Crippen molar-refractivity contribution in [3.63, 3.8) is 0 Å². The molecule has 2 aromatic rings. The number of carbonyl (C=O) groups excluding carboxylic acids is 1. The minimum absolute atomic E-state index is 0.268. The third-order valence-corrected chi connectivity index (χ3v) is 2.59. The Balaban J connectivity index is 0.000000745. The number of nitrogen functional groups attached to an aromatic ring is 1. The highest BCUT2D eigenvalue weighted by Gasteiger charge is 2.11. The van der Waals surface area contributed by atoms with Gasteiger partial charge < -0.3 is 11.1 Å². The summed E-state index contributed by atoms with van der Waals surface area (Å²) >= 11 is 4.05. The molecule has 0 saturated heterocycles. The minimum Gasteiger partial charge on any atom is -0.396 e. The number of aryl methyl sites for hydroxylation is 1. The first kappa shape index (κ1) is 17.5. The maximum atomic E-state index is 13.7. The summed E-state index contributed by atoms with van der Waals surface area (Å²) in [5.74, 6) is 4.22. The van der Waals surface area contributed by atoms with Crippen LogP contribution in [0.5, 0.6) is 0 Å². The number of carbonyl (C=O) groups is 1. The number of amides is 1. The van der Waals surface area contributed by atoms with Crippen molar-refractivity contribution >= 4 is 35.0 Å². The van der Waals surface area contributed by atoms with Gasteiger partial charge in [-0.3, -0.25) is 15.2 Å². The first-order valence-electron chi connectivity index (χ1n) is 6.17. The van der Waals surface area contributed by atoms with E-state index in [1.807, 2.05) is 5.43 Å². The topological polar surface area (TPSA) is 106 Å². The molecule has 6 N–H and O–H groups in total. The van der Waals surface area contributed by atoms with Crippen LogP contribution in [0.4, 0.5) is 15.8 Å². The van der Waals surface area contributed by atoms with E-state index in [2.05, 4.69) is 28.3 Å². The van der Waals surface area contributed by atoms with Crippen LogP contribution in [0.25, 0.3) is 0 Å². The Morgan fingerprint density at radius 3 is 2.64 bits per heavy atom. The normalized spacial score (nSPS) is 9.23. The van der Waals surface area contributed by atoms with Crippen molar-refractivity contribution in [2.45, 2.75) is 6.92 Å². The fraction of sp³-hybridized carbons (Fsp3) is 0.0714. The number of hydrogen-bond donors (Lipinski definition) is 4. The van der Waals surface area contributed by atoms with Crippen molar-refractivity contribution in [3.05, 3.63) is 53.6 Å². The molecule has 0 bridgehead atoms. The number of aromatic nitrogens is 1. The van der Waals surface area contributed by atoms with Gasteiger partial charge in [0.2, 0.25) is 0 Å². The van der Waals surface area contributed by atoms with E-state index in [0.29, 0.717) is 5.69 Å². The Labute approximate surface area is 132 Å². The molecule has 0 saturated carbocycles. The molecule has 0 atom stereocenters. The molecule has 116 valence electrons. The molecule has 22 heavy (non-hydrogen) atoms. The number of hydrogen-bond acceptors (Lipinski definition) is 5. The van der Waals surface area contributed by atoms with Gasteiger partial charge in [-0.25, -0.2) is 10.2 Å². The van der Waals surface area contributed by atoms with Crippen LogP contribution in [0, 0.1) is 12.7 Å². The van der Waals surface area contributed by atoms with Crippen LogP contribution >= 0.6 is 12.2 Å². The number of benzene rings is 1. The van der Waals surface area contributed by atoms with Crippen molar-refractivity contribution in [3.8, 4) is 0 Å². The highest BCUT2D eigenvalue weighted by molar-refractivity contribution is 7.78. The molecular formula is C14H16FN5OS. The van der Waals surface area contributed by atoms with Crippen LogP contribution in [0.15, 0.2) is 36.7 Å². The van der Waals surface area contributed by atoms with Crippen LogP contribution in [0.2, 0.25) is 0 Å². The van der Waals surface area contributed by atoms with Crippen molar-refractivity contribution in [1.82, 2.24) is 10.4 Å². The van der Waals surface area contributed by atoms with Gasteiger partial charge in [-0.05, 0) is 30.7 Å². The smallest absolute Gasteiger partial charge is 0.267 e. The molecular weight excluding hydrogens is 305 g/mol. The van der Waals surface area contributed by atoms with E-state index in [4.69, 9.17) is 5.84 Å². The van der Waals surface area contributed by atoms with Gasteiger partial charge in [-0.1, -0.05) is 18.3 Å². The first-order chi connectivity index (χ1) is 10.5. The maximum Gasteiger partial charge on any atom is 0.267 e. The second-order valence-corrected chi connectivity index (χ2v) is 4.41. The number of hydrazine groups is 1. The van der Waals surface area contributed by atoms with E-state index in [9.17, 15) is 9.18 Å². The SMILES string of the molecule is Cc1ccc(Nc2cnccc2C(=O)NN)c(F)c1.NC=S. The van der Waals surface area contributed by atoms with Gasteiger partial charge in [-0.2, -0.15) is 0 Å². The van der Waals surface area contributed by atoms with E-state index in [-0.39, 0.29) is 11.3 Å². The Morgan fingerprint density at radius 2 is 2.05 bits per heavy atom. The number of rotatable bonds is 3. The van der Waals surface area contributed by atoms with Crippen molar-refractivity contribution < 1.29 is 9.18 Å². The molecule has 0 aliphatic carbocycles. The van der Waals surface area contributed by atoms with Gasteiger partial charge in [-0.15, -0.1) is 0 Å². The monoisotopic (exact) mass is 321 g/mol. The number of anilines is 2. The summed E-state index contributed by atoms with van der Waals surface area (Å²) < 4.78 is 13.7. The van der Waals surface area contributed by atoms with Gasteiger partial charge in [0.05, 0.1) is 28.6 Å². The number of halogens is 1. The minimum atomic E-state index is -0.475. The Bertz CT molecular complexity index is 665. The second kappa shape index (κ2) is 8.65. The molecule has 6 nitrogen and oxygen atoms in total. The molecule has 0 spiro atoms. The second-order valence-electron chi connectivity index (χ2n) is 4.14. The Morgan fingerprint density at radius 1 is 1.36 bits per heavy atom. The lowest BCUT2D eigenvalue weighted by Crippen LogP contribution is -2.30. The van der Waals surface area contributed by atoms with E-state index >= 15 is 0 Å². The number of pyridine rings is 1. The van der Waals surface area contributed by atoms with Crippen molar-refractivity contribution in [2.75, 3.05) is 5.32 Å². The predicted molar refractivity (Wildman–Crippen MR) is 88.2 cm³/mol. The quantitative estimate of drug-likeness (QED) is 0.297. The molecule has 1 aromatic heterocycles. The van der Waals surface area contributed by atoms with Crippen LogP contribution in [0.3, 0.4) is 0 Å². The summed E-state index contributed by atoms with van der Waals surface area (Å²) in [6.45, 7) is 1.80. The van der Waals surface area contributed by atoms with Gasteiger partial charge in [0.25, 0.3) is 5.91 Å². The number of nitrogens with zero attached hydrogens (tertiary/aromatic N) is 1. The lowest BCUT2D eigenvalue weighted by atomic mass is 10.2. The maximum absolute atomic E-state index is 13.7. The average Bonchev–Trinajstić information content (AvgIpc) is 2.50. The van der Waals surface area contributed by atoms with E-state index in [1.165, 1.54) is 24.5 Å². The van der Waals surface area contributed by atoms with Crippen LogP contribution in [-0.4, -0.2) is 16.4 Å². The van der Waals surface area contributed by atoms with Gasteiger partial charge in [0.1, 0.15) is 5.82 Å². The third-order valence-electron chi connectivity index (χ3n) is 2.59. The van der Waals surface area contributed by atoms with Gasteiger partial charge in [0, 0.05) is 6.20 Å². The largest absolute Gasteiger partial charge is 0.396 e. The van der Waals surface area contributed by atoms with Crippen LogP contribution in [0.1, 0.15) is 15.9 Å². The molecule has 8 heteroatoms. The van der Waals surface area contributed by atoms with E-state index in [1.54, 1.807) is 19.1 Å². The molecule has 1 amide bonds. The van der Waals surface area contributed by atoms with Gasteiger partial charge >= 0.3 is 0 Å². The van der Waals surface area contributed by atoms with E-state index in [0.717, 1.165) is 11.1 Å². The zero-order valence-corrected chi connectivity index (χ0v) is 12.7. The zero-order chi connectivity index (χ0) is 16.5. The molecule has 0 aliphatic rings. The molecule has 1 aromatic carbocycles. The highest BCUT2D eigenvalue weighted by atomic mass is 32.1. The van der Waals surface area contributed by atoms with Crippen LogP contribution in [-0.2, 0) is 0 Å². The molecule has 0 unspecified atom stereocenters. The molecule has 0 aliphatic heterocycles. The third kappa shape index (κ3) is 4.76.